The summed E-state index contributed by atoms with van der Waals surface area (Å²) in [7, 11) is 0. The topological polar surface area (TPSA) is 49.3 Å². The first-order valence-electron chi connectivity index (χ1n) is 5.34. The van der Waals surface area contributed by atoms with E-state index in [1.165, 1.54) is 30.3 Å². The van der Waals surface area contributed by atoms with Crippen molar-refractivity contribution in [2.24, 2.45) is 0 Å². The first kappa shape index (κ1) is 13.4. The van der Waals surface area contributed by atoms with Crippen molar-refractivity contribution < 1.29 is 17.7 Å². The van der Waals surface area contributed by atoms with Crippen LogP contribution in [-0.4, -0.2) is 11.1 Å². The van der Waals surface area contributed by atoms with E-state index in [1.807, 2.05) is 0 Å². The zero-order valence-corrected chi connectivity index (χ0v) is 10.5. The second-order valence-electron chi connectivity index (χ2n) is 3.71. The molecular formula is C13H10F2NO2S+. The molecule has 0 aliphatic rings. The van der Waals surface area contributed by atoms with E-state index in [4.69, 9.17) is 5.11 Å². The largest absolute Gasteiger partial charge is 0.478 e. The van der Waals surface area contributed by atoms with E-state index in [1.54, 1.807) is 18.2 Å². The standard InChI is InChI=1S/C13H9F2NO2S/c14-19(15)10-7-5-9(6-8-10)16-12-4-2-1-3-11(12)13(17)18/h1-8,16H/p+1. The Bertz CT molecular complexity index is 587. The van der Waals surface area contributed by atoms with Gasteiger partial charge in [0.05, 0.1) is 19.0 Å². The van der Waals surface area contributed by atoms with Gasteiger partial charge < -0.3 is 10.4 Å². The Morgan fingerprint density at radius 3 is 2.26 bits per heavy atom. The summed E-state index contributed by atoms with van der Waals surface area (Å²) in [6.07, 6.45) is 0. The Morgan fingerprint density at radius 1 is 1.05 bits per heavy atom. The Kier molecular flexibility index (Phi) is 4.01. The van der Waals surface area contributed by atoms with Crippen LogP contribution in [0.25, 0.3) is 0 Å². The highest BCUT2D eigenvalue weighted by atomic mass is 32.3. The highest BCUT2D eigenvalue weighted by molar-refractivity contribution is 7.87. The van der Waals surface area contributed by atoms with Crippen LogP contribution < -0.4 is 5.32 Å². The maximum absolute atomic E-state index is 12.4. The number of hydrogen-bond acceptors (Lipinski definition) is 2. The monoisotopic (exact) mass is 282 g/mol. The van der Waals surface area contributed by atoms with Crippen LogP contribution in [0.15, 0.2) is 53.4 Å². The molecule has 19 heavy (non-hydrogen) atoms. The SMILES string of the molecule is O=C(O)c1ccccc1Nc1ccc([S+](F)F)cc1. The van der Waals surface area contributed by atoms with Crippen LogP contribution in [0.4, 0.5) is 19.1 Å². The average molecular weight is 282 g/mol. The Hall–Kier alpha value is -2.08. The van der Waals surface area contributed by atoms with Crippen LogP contribution in [0.3, 0.4) is 0 Å². The molecule has 0 saturated carbocycles. The van der Waals surface area contributed by atoms with E-state index in [9.17, 15) is 12.6 Å². The number of halogens is 2. The number of carboxylic acid groups (broad SMARTS) is 1. The van der Waals surface area contributed by atoms with E-state index in [0.29, 0.717) is 11.4 Å². The minimum absolute atomic E-state index is 0.0444. The van der Waals surface area contributed by atoms with Gasteiger partial charge in [-0.25, -0.2) is 4.79 Å². The summed E-state index contributed by atoms with van der Waals surface area (Å²) in [6, 6.07) is 12.0. The fraction of sp³-hybridized carbons (Fsp3) is 0. The van der Waals surface area contributed by atoms with Crippen LogP contribution in [-0.2, 0) is 11.7 Å². The quantitative estimate of drug-likeness (QED) is 0.837. The molecule has 0 heterocycles. The number of rotatable bonds is 4. The van der Waals surface area contributed by atoms with Gasteiger partial charge in [-0.05, 0) is 24.3 Å². The molecule has 3 nitrogen and oxygen atoms in total. The molecular weight excluding hydrogens is 272 g/mol. The van der Waals surface area contributed by atoms with Gasteiger partial charge in [-0.1, -0.05) is 12.1 Å². The second kappa shape index (κ2) is 5.71. The zero-order valence-electron chi connectivity index (χ0n) is 9.64. The zero-order chi connectivity index (χ0) is 13.8. The lowest BCUT2D eigenvalue weighted by Crippen LogP contribution is -2.02. The van der Waals surface area contributed by atoms with E-state index >= 15 is 0 Å². The molecule has 0 fully saturated rings. The number of benzene rings is 2. The van der Waals surface area contributed by atoms with Gasteiger partial charge in [0, 0.05) is 17.8 Å². The molecule has 6 heteroatoms. The van der Waals surface area contributed by atoms with Gasteiger partial charge >= 0.3 is 17.6 Å². The summed E-state index contributed by atoms with van der Waals surface area (Å²) in [5.74, 6) is -1.05. The average Bonchev–Trinajstić information content (AvgIpc) is 2.39. The molecule has 0 amide bonds. The second-order valence-corrected chi connectivity index (χ2v) is 4.61. The lowest BCUT2D eigenvalue weighted by atomic mass is 10.1. The summed E-state index contributed by atoms with van der Waals surface area (Å²) in [5, 5.41) is 11.9. The number of nitrogens with one attached hydrogen (secondary N) is 1. The van der Waals surface area contributed by atoms with Crippen molar-refractivity contribution in [3.05, 3.63) is 54.1 Å². The number of para-hydroxylation sites is 1. The first-order chi connectivity index (χ1) is 9.08. The van der Waals surface area contributed by atoms with E-state index in [0.717, 1.165) is 0 Å². The van der Waals surface area contributed by atoms with Gasteiger partial charge in [0.15, 0.2) is 0 Å². The smallest absolute Gasteiger partial charge is 0.463 e. The third-order valence-electron chi connectivity index (χ3n) is 2.47. The number of hydrogen-bond donors (Lipinski definition) is 2. The van der Waals surface area contributed by atoms with Crippen molar-refractivity contribution in [2.45, 2.75) is 4.90 Å². The molecule has 2 aromatic rings. The van der Waals surface area contributed by atoms with Crippen molar-refractivity contribution in [1.29, 1.82) is 0 Å². The molecule has 0 saturated heterocycles. The third kappa shape index (κ3) is 3.23. The normalized spacial score (nSPS) is 10.5. The molecule has 98 valence electrons. The molecule has 0 radical (unpaired) electrons. The van der Waals surface area contributed by atoms with Gasteiger partial charge in [0.2, 0.25) is 4.90 Å². The third-order valence-corrected chi connectivity index (χ3v) is 3.10. The van der Waals surface area contributed by atoms with Gasteiger partial charge in [0.25, 0.3) is 0 Å². The number of carbonyl (C=O) groups is 1. The fourth-order valence-electron chi connectivity index (χ4n) is 1.58. The van der Waals surface area contributed by atoms with Gasteiger partial charge in [0.1, 0.15) is 0 Å². The van der Waals surface area contributed by atoms with E-state index < -0.39 is 17.6 Å². The Balaban J connectivity index is 2.24. The molecule has 2 rings (SSSR count). The fourth-order valence-corrected chi connectivity index (χ4v) is 1.92. The van der Waals surface area contributed by atoms with Crippen LogP contribution in [0.2, 0.25) is 0 Å². The van der Waals surface area contributed by atoms with E-state index in [2.05, 4.69) is 5.32 Å². The molecule has 0 atom stereocenters. The summed E-state index contributed by atoms with van der Waals surface area (Å²) in [4.78, 5) is 11.0. The first-order valence-corrected chi connectivity index (χ1v) is 6.36. The minimum Gasteiger partial charge on any atom is -0.478 e. The molecule has 0 aliphatic heterocycles. The molecule has 2 N–H and O–H groups in total. The van der Waals surface area contributed by atoms with E-state index in [-0.39, 0.29) is 10.5 Å². The van der Waals surface area contributed by atoms with Crippen molar-refractivity contribution in [3.63, 3.8) is 0 Å². The Labute approximate surface area is 111 Å². The van der Waals surface area contributed by atoms with Crippen LogP contribution in [0, 0.1) is 0 Å². The van der Waals surface area contributed by atoms with Gasteiger partial charge in [-0.15, -0.1) is 0 Å². The minimum atomic E-state index is -2.77. The number of aromatic carboxylic acids is 1. The molecule has 0 aliphatic carbocycles. The maximum atomic E-state index is 12.4. The molecule has 0 bridgehead atoms. The molecule has 0 spiro atoms. The molecule has 0 unspecified atom stereocenters. The summed E-state index contributed by atoms with van der Waals surface area (Å²) in [5.41, 5.74) is 1.10. The maximum Gasteiger partial charge on any atom is 0.463 e. The summed E-state index contributed by atoms with van der Waals surface area (Å²) in [6.45, 7) is 0. The summed E-state index contributed by atoms with van der Waals surface area (Å²) >= 11 is -2.77. The van der Waals surface area contributed by atoms with Crippen LogP contribution in [0.5, 0.6) is 0 Å². The van der Waals surface area contributed by atoms with Gasteiger partial charge in [-0.3, -0.25) is 0 Å². The van der Waals surface area contributed by atoms with Crippen molar-refractivity contribution >= 4 is 29.0 Å². The Morgan fingerprint density at radius 2 is 1.68 bits per heavy atom. The number of carboxylic acids is 1. The highest BCUT2D eigenvalue weighted by Gasteiger charge is 2.23. The lowest BCUT2D eigenvalue weighted by Gasteiger charge is -2.08. The number of anilines is 2. The molecule has 0 aromatic heterocycles. The highest BCUT2D eigenvalue weighted by Crippen LogP contribution is 2.23. The summed E-state index contributed by atoms with van der Waals surface area (Å²) < 4.78 is 24.9. The molecule has 2 aromatic carbocycles. The predicted molar refractivity (Wildman–Crippen MR) is 71.0 cm³/mol. The van der Waals surface area contributed by atoms with Gasteiger partial charge in [-0.2, -0.15) is 0 Å². The van der Waals surface area contributed by atoms with Crippen molar-refractivity contribution in [3.8, 4) is 0 Å². The predicted octanol–water partition coefficient (Wildman–Crippen LogP) is 3.87. The van der Waals surface area contributed by atoms with Crippen LogP contribution >= 0.6 is 0 Å². The lowest BCUT2D eigenvalue weighted by molar-refractivity contribution is 0.0698. The van der Waals surface area contributed by atoms with Crippen LogP contribution in [0.1, 0.15) is 10.4 Å². The van der Waals surface area contributed by atoms with Crippen molar-refractivity contribution in [1.82, 2.24) is 0 Å². The van der Waals surface area contributed by atoms with Crippen molar-refractivity contribution in [2.75, 3.05) is 5.32 Å².